The van der Waals surface area contributed by atoms with Gasteiger partial charge in [0.1, 0.15) is 5.56 Å². The Balaban J connectivity index is 2.59. The molecule has 0 heterocycles. The van der Waals surface area contributed by atoms with Gasteiger partial charge in [0.2, 0.25) is 0 Å². The number of rotatable bonds is 3. The van der Waals surface area contributed by atoms with Gasteiger partial charge in [0.25, 0.3) is 11.6 Å². The molecule has 15 heavy (non-hydrogen) atoms. The molecule has 5 heteroatoms. The molecule has 0 radical (unpaired) electrons. The van der Waals surface area contributed by atoms with Gasteiger partial charge in [0.15, 0.2) is 0 Å². The van der Waals surface area contributed by atoms with Crippen LogP contribution in [0.1, 0.15) is 34.7 Å². The highest BCUT2D eigenvalue weighted by atomic mass is 16.6. The Morgan fingerprint density at radius 3 is 2.60 bits per heavy atom. The Kier molecular flexibility index (Phi) is 2.15. The van der Waals surface area contributed by atoms with E-state index in [1.165, 1.54) is 6.07 Å². The number of nitrogens with zero attached hydrogens (tertiary/aromatic N) is 1. The number of hydrogen-bond donors (Lipinski definition) is 1. The van der Waals surface area contributed by atoms with Crippen molar-refractivity contribution in [3.63, 3.8) is 0 Å². The molecule has 78 valence electrons. The van der Waals surface area contributed by atoms with Gasteiger partial charge >= 0.3 is 0 Å². The van der Waals surface area contributed by atoms with Gasteiger partial charge in [0, 0.05) is 5.56 Å². The minimum Gasteiger partial charge on any atom is -0.365 e. The van der Waals surface area contributed by atoms with Crippen LogP contribution in [0.3, 0.4) is 0 Å². The first-order valence-corrected chi connectivity index (χ1v) is 4.68. The fourth-order valence-corrected chi connectivity index (χ4v) is 1.69. The molecule has 1 aliphatic rings. The van der Waals surface area contributed by atoms with Gasteiger partial charge in [-0.3, -0.25) is 14.9 Å². The first-order chi connectivity index (χ1) is 7.11. The van der Waals surface area contributed by atoms with Gasteiger partial charge in [-0.1, -0.05) is 12.1 Å². The van der Waals surface area contributed by atoms with Crippen LogP contribution in [-0.2, 0) is 0 Å². The summed E-state index contributed by atoms with van der Waals surface area (Å²) in [6.07, 6.45) is 1.89. The molecule has 1 aromatic carbocycles. The van der Waals surface area contributed by atoms with Gasteiger partial charge in [-0.2, -0.15) is 0 Å². The second-order valence-electron chi connectivity index (χ2n) is 3.64. The molecule has 1 aliphatic carbocycles. The van der Waals surface area contributed by atoms with E-state index >= 15 is 0 Å². The van der Waals surface area contributed by atoms with Crippen LogP contribution in [0.25, 0.3) is 0 Å². The zero-order valence-electron chi connectivity index (χ0n) is 7.97. The number of nitro groups is 1. The number of nitrogens with two attached hydrogens (primary N) is 1. The van der Waals surface area contributed by atoms with E-state index in [1.54, 1.807) is 12.1 Å². The van der Waals surface area contributed by atoms with Crippen molar-refractivity contribution in [2.75, 3.05) is 0 Å². The van der Waals surface area contributed by atoms with Gasteiger partial charge in [0.05, 0.1) is 4.92 Å². The van der Waals surface area contributed by atoms with Crippen molar-refractivity contribution in [1.29, 1.82) is 0 Å². The number of carbonyl (C=O) groups is 1. The van der Waals surface area contributed by atoms with Gasteiger partial charge in [-0.05, 0) is 24.8 Å². The molecular weight excluding hydrogens is 196 g/mol. The Labute approximate surface area is 86.0 Å². The van der Waals surface area contributed by atoms with Crippen LogP contribution in [0.5, 0.6) is 0 Å². The summed E-state index contributed by atoms with van der Waals surface area (Å²) in [4.78, 5) is 21.4. The number of carbonyl (C=O) groups excluding carboxylic acids is 1. The summed E-state index contributed by atoms with van der Waals surface area (Å²) < 4.78 is 0. The van der Waals surface area contributed by atoms with Crippen molar-refractivity contribution in [3.8, 4) is 0 Å². The minimum atomic E-state index is -0.746. The molecule has 5 nitrogen and oxygen atoms in total. The van der Waals surface area contributed by atoms with Crippen LogP contribution in [-0.4, -0.2) is 10.8 Å². The molecule has 2 N–H and O–H groups in total. The third-order valence-corrected chi connectivity index (χ3v) is 2.53. The molecule has 0 aromatic heterocycles. The van der Waals surface area contributed by atoms with Crippen LogP contribution >= 0.6 is 0 Å². The highest BCUT2D eigenvalue weighted by Gasteiger charge is 2.33. The van der Waals surface area contributed by atoms with Crippen LogP contribution in [0.4, 0.5) is 5.69 Å². The molecule has 0 unspecified atom stereocenters. The van der Waals surface area contributed by atoms with E-state index in [0.29, 0.717) is 5.56 Å². The first-order valence-electron chi connectivity index (χ1n) is 4.68. The summed E-state index contributed by atoms with van der Waals surface area (Å²) in [5.41, 5.74) is 5.62. The number of benzene rings is 1. The van der Waals surface area contributed by atoms with Gasteiger partial charge in [-0.25, -0.2) is 0 Å². The van der Waals surface area contributed by atoms with E-state index in [1.807, 2.05) is 0 Å². The van der Waals surface area contributed by atoms with E-state index in [2.05, 4.69) is 0 Å². The average molecular weight is 206 g/mol. The monoisotopic (exact) mass is 206 g/mol. The van der Waals surface area contributed by atoms with E-state index in [9.17, 15) is 14.9 Å². The largest absolute Gasteiger partial charge is 0.365 e. The van der Waals surface area contributed by atoms with Crippen molar-refractivity contribution in [1.82, 2.24) is 0 Å². The predicted octanol–water partition coefficient (Wildman–Crippen LogP) is 1.57. The highest BCUT2D eigenvalue weighted by Crippen LogP contribution is 2.44. The molecule has 0 bridgehead atoms. The number of nitro benzene ring substituents is 1. The van der Waals surface area contributed by atoms with E-state index in [4.69, 9.17) is 5.73 Å². The first kappa shape index (κ1) is 9.64. The van der Waals surface area contributed by atoms with E-state index in [0.717, 1.165) is 12.8 Å². The number of amides is 1. The fraction of sp³-hybridized carbons (Fsp3) is 0.300. The van der Waals surface area contributed by atoms with Gasteiger partial charge < -0.3 is 5.73 Å². The van der Waals surface area contributed by atoms with Crippen molar-refractivity contribution >= 4 is 11.6 Å². The third-order valence-electron chi connectivity index (χ3n) is 2.53. The maximum absolute atomic E-state index is 11.0. The molecule has 0 saturated heterocycles. The number of primary amides is 1. The molecule has 2 rings (SSSR count). The lowest BCUT2D eigenvalue weighted by molar-refractivity contribution is -0.385. The Bertz CT molecular complexity index is 438. The molecule has 1 fully saturated rings. The zero-order valence-corrected chi connectivity index (χ0v) is 7.97. The quantitative estimate of drug-likeness (QED) is 0.601. The molecule has 0 spiro atoms. The van der Waals surface area contributed by atoms with Crippen LogP contribution in [0.2, 0.25) is 0 Å². The lowest BCUT2D eigenvalue weighted by Crippen LogP contribution is -2.14. The van der Waals surface area contributed by atoms with Crippen molar-refractivity contribution < 1.29 is 9.72 Å². The van der Waals surface area contributed by atoms with Crippen LogP contribution in [0.15, 0.2) is 18.2 Å². The minimum absolute atomic E-state index is 0.00407. The van der Waals surface area contributed by atoms with Gasteiger partial charge in [-0.15, -0.1) is 0 Å². The molecule has 1 amide bonds. The third kappa shape index (κ3) is 1.68. The van der Waals surface area contributed by atoms with Crippen molar-refractivity contribution in [2.45, 2.75) is 18.8 Å². The van der Waals surface area contributed by atoms with E-state index < -0.39 is 10.8 Å². The SMILES string of the molecule is NC(=O)c1cccc(C2CC2)c1[N+](=O)[O-]. The standard InChI is InChI=1S/C10H10N2O3/c11-10(13)8-3-1-2-7(6-4-5-6)9(8)12(14)15/h1-3,6H,4-5H2,(H2,11,13). The second kappa shape index (κ2) is 3.34. The van der Waals surface area contributed by atoms with Crippen LogP contribution < -0.4 is 5.73 Å². The second-order valence-corrected chi connectivity index (χ2v) is 3.64. The lowest BCUT2D eigenvalue weighted by Gasteiger charge is -2.03. The molecule has 0 atom stereocenters. The zero-order chi connectivity index (χ0) is 11.0. The normalized spacial score (nSPS) is 14.9. The summed E-state index contributed by atoms with van der Waals surface area (Å²) in [6.45, 7) is 0. The maximum Gasteiger partial charge on any atom is 0.285 e. The topological polar surface area (TPSA) is 86.2 Å². The van der Waals surface area contributed by atoms with Crippen LogP contribution in [0, 0.1) is 10.1 Å². The highest BCUT2D eigenvalue weighted by molar-refractivity contribution is 5.97. The van der Waals surface area contributed by atoms with E-state index in [-0.39, 0.29) is 17.2 Å². The summed E-state index contributed by atoms with van der Waals surface area (Å²) >= 11 is 0. The molecule has 1 aromatic rings. The summed E-state index contributed by atoms with van der Waals surface area (Å²) in [7, 11) is 0. The number of hydrogen-bond acceptors (Lipinski definition) is 3. The lowest BCUT2D eigenvalue weighted by atomic mass is 10.0. The maximum atomic E-state index is 11.0. The Morgan fingerprint density at radius 2 is 2.13 bits per heavy atom. The molecular formula is C10H10N2O3. The Hall–Kier alpha value is -1.91. The molecule has 0 aliphatic heterocycles. The average Bonchev–Trinajstić information content (AvgIpc) is 2.99. The fourth-order valence-electron chi connectivity index (χ4n) is 1.69. The van der Waals surface area contributed by atoms with Crippen molar-refractivity contribution in [2.24, 2.45) is 5.73 Å². The summed E-state index contributed by atoms with van der Waals surface area (Å²) in [6, 6.07) is 4.73. The number of para-hydroxylation sites is 1. The smallest absolute Gasteiger partial charge is 0.285 e. The predicted molar refractivity (Wildman–Crippen MR) is 53.6 cm³/mol. The summed E-state index contributed by atoms with van der Waals surface area (Å²) in [5, 5.41) is 10.9. The molecule has 1 saturated carbocycles. The Morgan fingerprint density at radius 1 is 1.47 bits per heavy atom. The van der Waals surface area contributed by atoms with Crippen molar-refractivity contribution in [3.05, 3.63) is 39.4 Å². The summed E-state index contributed by atoms with van der Waals surface area (Å²) in [5.74, 6) is -0.520.